The second-order valence-electron chi connectivity index (χ2n) is 7.08. The van der Waals surface area contributed by atoms with Crippen molar-refractivity contribution in [3.05, 3.63) is 102 Å². The van der Waals surface area contributed by atoms with Crippen molar-refractivity contribution in [2.24, 2.45) is 0 Å². The molecule has 2 aromatic heterocycles. The van der Waals surface area contributed by atoms with E-state index in [1.807, 2.05) is 79.3 Å². The van der Waals surface area contributed by atoms with Gasteiger partial charge >= 0.3 is 0 Å². The standard InChI is InChI=1S/C24H22N4O/c1-17-12-18(2)14-20(13-17)24(29)26-15-21-16-28(22-6-4-3-5-7-22)27-23(21)19-8-10-25-11-9-19/h3-14,16H,15H2,1-2H3,(H,26,29). The predicted molar refractivity (Wildman–Crippen MR) is 114 cm³/mol. The first-order valence-electron chi connectivity index (χ1n) is 9.51. The zero-order valence-electron chi connectivity index (χ0n) is 16.5. The molecule has 0 aliphatic heterocycles. The van der Waals surface area contributed by atoms with Gasteiger partial charge in [0.1, 0.15) is 0 Å². The summed E-state index contributed by atoms with van der Waals surface area (Å²) in [6.45, 7) is 4.38. The van der Waals surface area contributed by atoms with Crippen LogP contribution in [0.25, 0.3) is 16.9 Å². The number of para-hydroxylation sites is 1. The summed E-state index contributed by atoms with van der Waals surface area (Å²) >= 11 is 0. The molecule has 0 atom stereocenters. The highest BCUT2D eigenvalue weighted by molar-refractivity contribution is 5.94. The summed E-state index contributed by atoms with van der Waals surface area (Å²) in [6, 6.07) is 19.6. The molecule has 5 nitrogen and oxygen atoms in total. The van der Waals surface area contributed by atoms with Gasteiger partial charge in [-0.15, -0.1) is 0 Å². The summed E-state index contributed by atoms with van der Waals surface area (Å²) in [5, 5.41) is 7.80. The molecule has 0 aliphatic carbocycles. The van der Waals surface area contributed by atoms with E-state index in [9.17, 15) is 4.79 Å². The number of hydrogen-bond donors (Lipinski definition) is 1. The lowest BCUT2D eigenvalue weighted by atomic mass is 10.1. The Morgan fingerprint density at radius 2 is 1.66 bits per heavy atom. The highest BCUT2D eigenvalue weighted by Gasteiger charge is 2.14. The third-order valence-corrected chi connectivity index (χ3v) is 4.69. The molecule has 4 rings (SSSR count). The van der Waals surface area contributed by atoms with Gasteiger partial charge in [0.25, 0.3) is 5.91 Å². The fourth-order valence-electron chi connectivity index (χ4n) is 3.39. The third kappa shape index (κ3) is 4.24. The summed E-state index contributed by atoms with van der Waals surface area (Å²) in [7, 11) is 0. The van der Waals surface area contributed by atoms with Gasteiger partial charge in [0.15, 0.2) is 0 Å². The molecule has 1 amide bonds. The van der Waals surface area contributed by atoms with Crippen molar-refractivity contribution in [1.82, 2.24) is 20.1 Å². The number of pyridine rings is 1. The molecule has 5 heteroatoms. The molecule has 29 heavy (non-hydrogen) atoms. The molecule has 2 heterocycles. The smallest absolute Gasteiger partial charge is 0.251 e. The maximum absolute atomic E-state index is 12.7. The van der Waals surface area contributed by atoms with Crippen molar-refractivity contribution in [2.75, 3.05) is 0 Å². The Hall–Kier alpha value is -3.73. The number of carbonyl (C=O) groups excluding carboxylic acids is 1. The number of hydrogen-bond acceptors (Lipinski definition) is 3. The van der Waals surface area contributed by atoms with Crippen LogP contribution in [0, 0.1) is 13.8 Å². The normalized spacial score (nSPS) is 10.7. The zero-order valence-corrected chi connectivity index (χ0v) is 16.5. The fraction of sp³-hybridized carbons (Fsp3) is 0.125. The largest absolute Gasteiger partial charge is 0.348 e. The van der Waals surface area contributed by atoms with Crippen LogP contribution in [0.4, 0.5) is 0 Å². The van der Waals surface area contributed by atoms with Crippen LogP contribution in [0.15, 0.2) is 79.3 Å². The van der Waals surface area contributed by atoms with Crippen molar-refractivity contribution in [3.8, 4) is 16.9 Å². The molecule has 144 valence electrons. The number of aromatic nitrogens is 3. The van der Waals surface area contributed by atoms with E-state index in [1.54, 1.807) is 12.4 Å². The average molecular weight is 382 g/mol. The highest BCUT2D eigenvalue weighted by Crippen LogP contribution is 2.23. The minimum atomic E-state index is -0.0926. The Kier molecular flexibility index (Phi) is 5.20. The average Bonchev–Trinajstić information content (AvgIpc) is 3.17. The molecule has 0 radical (unpaired) electrons. The molecule has 0 bridgehead atoms. The van der Waals surface area contributed by atoms with E-state index in [0.717, 1.165) is 33.6 Å². The summed E-state index contributed by atoms with van der Waals surface area (Å²) in [5.41, 5.74) is 6.52. The van der Waals surface area contributed by atoms with E-state index in [-0.39, 0.29) is 5.91 Å². The Balaban J connectivity index is 1.63. The zero-order chi connectivity index (χ0) is 20.2. The Labute approximate surface area is 170 Å². The number of rotatable bonds is 5. The van der Waals surface area contributed by atoms with Crippen LogP contribution in [-0.4, -0.2) is 20.7 Å². The number of amides is 1. The van der Waals surface area contributed by atoms with Crippen molar-refractivity contribution in [3.63, 3.8) is 0 Å². The molecular weight excluding hydrogens is 360 g/mol. The van der Waals surface area contributed by atoms with Gasteiger partial charge in [-0.1, -0.05) is 35.4 Å². The van der Waals surface area contributed by atoms with Gasteiger partial charge in [-0.05, 0) is 50.2 Å². The van der Waals surface area contributed by atoms with E-state index < -0.39 is 0 Å². The van der Waals surface area contributed by atoms with Gasteiger partial charge in [0.2, 0.25) is 0 Å². The number of nitrogens with zero attached hydrogens (tertiary/aromatic N) is 3. The Bertz CT molecular complexity index is 1110. The second-order valence-corrected chi connectivity index (χ2v) is 7.08. The van der Waals surface area contributed by atoms with E-state index >= 15 is 0 Å². The fourth-order valence-corrected chi connectivity index (χ4v) is 3.39. The molecule has 0 unspecified atom stereocenters. The lowest BCUT2D eigenvalue weighted by Gasteiger charge is -2.07. The van der Waals surface area contributed by atoms with Gasteiger partial charge in [0, 0.05) is 41.8 Å². The first-order chi connectivity index (χ1) is 14.1. The van der Waals surface area contributed by atoms with E-state index in [1.165, 1.54) is 0 Å². The number of benzene rings is 2. The van der Waals surface area contributed by atoms with Crippen LogP contribution in [0.2, 0.25) is 0 Å². The van der Waals surface area contributed by atoms with Crippen LogP contribution in [0.5, 0.6) is 0 Å². The maximum Gasteiger partial charge on any atom is 0.251 e. The van der Waals surface area contributed by atoms with Gasteiger partial charge < -0.3 is 5.32 Å². The van der Waals surface area contributed by atoms with Gasteiger partial charge in [-0.3, -0.25) is 9.78 Å². The van der Waals surface area contributed by atoms with E-state index in [0.29, 0.717) is 12.1 Å². The third-order valence-electron chi connectivity index (χ3n) is 4.69. The maximum atomic E-state index is 12.7. The minimum absolute atomic E-state index is 0.0926. The SMILES string of the molecule is Cc1cc(C)cc(C(=O)NCc2cn(-c3ccccc3)nc2-c2ccncc2)c1. The number of nitrogens with one attached hydrogen (secondary N) is 1. The number of carbonyl (C=O) groups is 1. The quantitative estimate of drug-likeness (QED) is 0.554. The monoisotopic (exact) mass is 382 g/mol. The van der Waals surface area contributed by atoms with Gasteiger partial charge in [-0.2, -0.15) is 5.10 Å². The molecule has 0 aliphatic rings. The lowest BCUT2D eigenvalue weighted by Crippen LogP contribution is -2.23. The Morgan fingerprint density at radius 1 is 0.966 bits per heavy atom. The predicted octanol–water partition coefficient (Wildman–Crippen LogP) is 4.48. The van der Waals surface area contributed by atoms with E-state index in [2.05, 4.69) is 16.4 Å². The summed E-state index contributed by atoms with van der Waals surface area (Å²) in [5.74, 6) is -0.0926. The van der Waals surface area contributed by atoms with Crippen LogP contribution in [-0.2, 0) is 6.54 Å². The van der Waals surface area contributed by atoms with E-state index in [4.69, 9.17) is 5.10 Å². The second kappa shape index (κ2) is 8.10. The Morgan fingerprint density at radius 3 is 2.34 bits per heavy atom. The van der Waals surface area contributed by atoms with Crippen molar-refractivity contribution >= 4 is 5.91 Å². The van der Waals surface area contributed by atoms with Crippen LogP contribution in [0.1, 0.15) is 27.0 Å². The van der Waals surface area contributed by atoms with Crippen molar-refractivity contribution in [2.45, 2.75) is 20.4 Å². The van der Waals surface area contributed by atoms with Crippen LogP contribution < -0.4 is 5.32 Å². The molecule has 0 saturated carbocycles. The minimum Gasteiger partial charge on any atom is -0.348 e. The molecular formula is C24H22N4O. The molecule has 2 aromatic carbocycles. The molecule has 0 fully saturated rings. The first-order valence-corrected chi connectivity index (χ1v) is 9.51. The van der Waals surface area contributed by atoms with Crippen molar-refractivity contribution in [1.29, 1.82) is 0 Å². The van der Waals surface area contributed by atoms with Crippen molar-refractivity contribution < 1.29 is 4.79 Å². The summed E-state index contributed by atoms with van der Waals surface area (Å²) < 4.78 is 1.84. The first kappa shape index (κ1) is 18.6. The summed E-state index contributed by atoms with van der Waals surface area (Å²) in [6.07, 6.45) is 5.45. The topological polar surface area (TPSA) is 59.8 Å². The highest BCUT2D eigenvalue weighted by atomic mass is 16.1. The van der Waals surface area contributed by atoms with Crippen LogP contribution >= 0.6 is 0 Å². The number of aryl methyl sites for hydroxylation is 2. The molecule has 4 aromatic rings. The molecule has 0 saturated heterocycles. The van der Waals surface area contributed by atoms with Crippen LogP contribution in [0.3, 0.4) is 0 Å². The van der Waals surface area contributed by atoms with Gasteiger partial charge in [-0.25, -0.2) is 4.68 Å². The lowest BCUT2D eigenvalue weighted by molar-refractivity contribution is 0.0951. The van der Waals surface area contributed by atoms with Gasteiger partial charge in [0.05, 0.1) is 11.4 Å². The molecule has 0 spiro atoms. The molecule has 1 N–H and O–H groups in total. The summed E-state index contributed by atoms with van der Waals surface area (Å²) in [4.78, 5) is 16.8.